The maximum absolute atomic E-state index is 2.71. The molecule has 6 aliphatic rings. The van der Waals surface area contributed by atoms with Gasteiger partial charge >= 0.3 is 0 Å². The fraction of sp³-hybridized carbons (Fsp3) is 0.273. The maximum atomic E-state index is 2.71. The van der Waals surface area contributed by atoms with Crippen LogP contribution in [0, 0.1) is 11.8 Å². The van der Waals surface area contributed by atoms with E-state index in [0.717, 1.165) is 0 Å². The predicted octanol–water partition coefficient (Wildman–Crippen LogP) is 17.2. The van der Waals surface area contributed by atoms with E-state index in [1.165, 1.54) is 139 Å². The quantitative estimate of drug-likeness (QED) is 0.174. The topological polar surface area (TPSA) is 6.48 Å². The second kappa shape index (κ2) is 14.2. The molecule has 0 aromatic heterocycles. The SMILES string of the molecule is CC1CCCC2c3cc(-c4ccc5c(c4)C4(c6ccccc6-c6ccccc64)c4cc(-c6ccc7c(c6)C6(C)CCCC(C)C6(C)N7c6ccccc6)ccc4-5)ccc3N(c3ccccc3)C12C. The maximum Gasteiger partial charge on any atom is 0.0725 e. The van der Waals surface area contributed by atoms with Crippen LogP contribution in [0.25, 0.3) is 44.5 Å². The normalized spacial score (nSPS) is 26.3. The number of anilines is 4. The molecule has 4 aliphatic carbocycles. The molecular weight excluding hydrogens is 821 g/mol. The third-order valence-electron chi connectivity index (χ3n) is 19.4. The average molecular weight is 881 g/mol. The zero-order chi connectivity index (χ0) is 45.7. The lowest BCUT2D eigenvalue weighted by molar-refractivity contribution is 0.130. The van der Waals surface area contributed by atoms with E-state index in [1.807, 2.05) is 0 Å². The molecule has 0 bridgehead atoms. The van der Waals surface area contributed by atoms with E-state index in [0.29, 0.717) is 17.8 Å². The van der Waals surface area contributed by atoms with Crippen molar-refractivity contribution in [3.8, 4) is 44.5 Å². The third-order valence-corrected chi connectivity index (χ3v) is 19.4. The minimum Gasteiger partial charge on any atom is -0.334 e. The minimum absolute atomic E-state index is 0.0189. The molecule has 2 fully saturated rings. The largest absolute Gasteiger partial charge is 0.334 e. The van der Waals surface area contributed by atoms with E-state index >= 15 is 0 Å². The van der Waals surface area contributed by atoms with Gasteiger partial charge in [0.2, 0.25) is 0 Å². The number of nitrogens with zero attached hydrogens (tertiary/aromatic N) is 2. The summed E-state index contributed by atoms with van der Waals surface area (Å²) in [5.74, 6) is 1.63. The summed E-state index contributed by atoms with van der Waals surface area (Å²) in [4.78, 5) is 5.41. The summed E-state index contributed by atoms with van der Waals surface area (Å²) >= 11 is 0. The number of rotatable bonds is 4. The van der Waals surface area contributed by atoms with Crippen molar-refractivity contribution in [3.63, 3.8) is 0 Å². The van der Waals surface area contributed by atoms with E-state index in [4.69, 9.17) is 0 Å². The van der Waals surface area contributed by atoms with E-state index < -0.39 is 5.41 Å². The fourth-order valence-corrected chi connectivity index (χ4v) is 15.7. The van der Waals surface area contributed by atoms with Crippen molar-refractivity contribution in [1.82, 2.24) is 0 Å². The molecule has 2 aliphatic heterocycles. The van der Waals surface area contributed by atoms with Crippen molar-refractivity contribution < 1.29 is 0 Å². The number of hydrogen-bond donors (Lipinski definition) is 0. The third kappa shape index (κ3) is 4.99. The second-order valence-electron chi connectivity index (χ2n) is 22.1. The van der Waals surface area contributed by atoms with Gasteiger partial charge in [-0.15, -0.1) is 0 Å². The van der Waals surface area contributed by atoms with Crippen LogP contribution in [-0.2, 0) is 10.8 Å². The Hall–Kier alpha value is -6.64. The summed E-state index contributed by atoms with van der Waals surface area (Å²) in [5, 5.41) is 0. The molecule has 8 aromatic rings. The first kappa shape index (κ1) is 40.4. The first-order valence-electron chi connectivity index (χ1n) is 25.7. The molecule has 0 radical (unpaired) electrons. The van der Waals surface area contributed by atoms with Crippen LogP contribution in [0.5, 0.6) is 0 Å². The Morgan fingerprint density at radius 3 is 1.51 bits per heavy atom. The number of para-hydroxylation sites is 2. The molecule has 0 N–H and O–H groups in total. The summed E-state index contributed by atoms with van der Waals surface area (Å²) in [5.41, 5.74) is 24.1. The highest BCUT2D eigenvalue weighted by atomic mass is 15.3. The number of benzene rings is 8. The van der Waals surface area contributed by atoms with E-state index in [9.17, 15) is 0 Å². The van der Waals surface area contributed by atoms with Crippen molar-refractivity contribution in [1.29, 1.82) is 0 Å². The van der Waals surface area contributed by atoms with Gasteiger partial charge in [-0.3, -0.25) is 0 Å². The fourth-order valence-electron chi connectivity index (χ4n) is 15.7. The molecule has 6 atom stereocenters. The van der Waals surface area contributed by atoms with Crippen LogP contribution >= 0.6 is 0 Å². The van der Waals surface area contributed by atoms with Gasteiger partial charge < -0.3 is 9.80 Å². The van der Waals surface area contributed by atoms with Crippen LogP contribution in [-0.4, -0.2) is 11.1 Å². The van der Waals surface area contributed by atoms with Crippen LogP contribution in [0.4, 0.5) is 22.7 Å². The lowest BCUT2D eigenvalue weighted by Crippen LogP contribution is -2.59. The van der Waals surface area contributed by atoms with E-state index in [2.05, 4.69) is 226 Å². The highest BCUT2D eigenvalue weighted by Crippen LogP contribution is 2.66. The van der Waals surface area contributed by atoms with Gasteiger partial charge in [0, 0.05) is 34.1 Å². The Labute approximate surface area is 403 Å². The summed E-state index contributed by atoms with van der Waals surface area (Å²) < 4.78 is 0. The van der Waals surface area contributed by atoms with E-state index in [1.54, 1.807) is 0 Å². The van der Waals surface area contributed by atoms with Gasteiger partial charge in [-0.2, -0.15) is 0 Å². The second-order valence-corrected chi connectivity index (χ2v) is 22.1. The molecule has 14 rings (SSSR count). The molecule has 68 heavy (non-hydrogen) atoms. The number of hydrogen-bond acceptors (Lipinski definition) is 2. The first-order chi connectivity index (χ1) is 33.2. The van der Waals surface area contributed by atoms with Gasteiger partial charge in [-0.25, -0.2) is 0 Å². The standard InChI is InChI=1S/C66H60N2/c1-42-18-16-28-55-54-38-44(31-35-61(54)67(64(42,55)4)48-20-8-6-9-21-48)45-29-33-52-53-34-30-46(40-59(53)66(58(52)39-45)56-26-14-12-24-50(56)51-25-13-15-27-57(51)66)47-32-36-62-60(41-47)63(3)37-17-19-43(2)65(63,5)68(62)49-22-10-7-11-23-49/h6-15,20-27,29-36,38-43,55H,16-19,28,37H2,1-5H3. The van der Waals surface area contributed by atoms with Crippen molar-refractivity contribution in [3.05, 3.63) is 215 Å². The Kier molecular flexibility index (Phi) is 8.45. The molecule has 1 spiro atoms. The van der Waals surface area contributed by atoms with Gasteiger partial charge in [0.1, 0.15) is 0 Å². The van der Waals surface area contributed by atoms with Gasteiger partial charge in [-0.05, 0) is 190 Å². The molecular formula is C66H60N2. The molecule has 6 unspecified atom stereocenters. The van der Waals surface area contributed by atoms with Crippen molar-refractivity contribution in [2.24, 2.45) is 11.8 Å². The Bertz CT molecular complexity index is 3320. The number of fused-ring (bicyclic) bond motifs is 16. The van der Waals surface area contributed by atoms with Gasteiger partial charge in [0.05, 0.1) is 16.5 Å². The van der Waals surface area contributed by atoms with Gasteiger partial charge in [0.15, 0.2) is 0 Å². The molecule has 0 amide bonds. The average Bonchev–Trinajstić information content (AvgIpc) is 4.01. The summed E-state index contributed by atoms with van der Waals surface area (Å²) in [6, 6.07) is 70.7. The predicted molar refractivity (Wildman–Crippen MR) is 284 cm³/mol. The molecule has 2 nitrogen and oxygen atoms in total. The Morgan fingerprint density at radius 2 is 0.897 bits per heavy atom. The van der Waals surface area contributed by atoms with Gasteiger partial charge in [0.25, 0.3) is 0 Å². The zero-order valence-electron chi connectivity index (χ0n) is 40.2. The van der Waals surface area contributed by atoms with Crippen molar-refractivity contribution in [2.45, 2.75) is 101 Å². The van der Waals surface area contributed by atoms with Crippen LogP contribution in [0.2, 0.25) is 0 Å². The van der Waals surface area contributed by atoms with Crippen molar-refractivity contribution >= 4 is 22.7 Å². The highest BCUT2D eigenvalue weighted by Gasteiger charge is 2.61. The molecule has 0 saturated heterocycles. The Morgan fingerprint density at radius 1 is 0.412 bits per heavy atom. The van der Waals surface area contributed by atoms with E-state index in [-0.39, 0.29) is 16.5 Å². The van der Waals surface area contributed by atoms with Crippen LogP contribution in [0.3, 0.4) is 0 Å². The minimum atomic E-state index is -0.452. The molecule has 8 aromatic carbocycles. The summed E-state index contributed by atoms with van der Waals surface area (Å²) in [7, 11) is 0. The molecule has 2 heterocycles. The monoisotopic (exact) mass is 880 g/mol. The summed E-state index contributed by atoms with van der Waals surface area (Å²) in [6.45, 7) is 12.7. The zero-order valence-corrected chi connectivity index (χ0v) is 40.2. The van der Waals surface area contributed by atoms with Crippen LogP contribution in [0.15, 0.2) is 182 Å². The Balaban J connectivity index is 0.941. The lowest BCUT2D eigenvalue weighted by Gasteiger charge is -2.54. The lowest BCUT2D eigenvalue weighted by atomic mass is 9.57. The summed E-state index contributed by atoms with van der Waals surface area (Å²) in [6.07, 6.45) is 7.49. The first-order valence-corrected chi connectivity index (χ1v) is 25.7. The van der Waals surface area contributed by atoms with Crippen LogP contribution in [0.1, 0.15) is 112 Å². The molecule has 334 valence electrons. The smallest absolute Gasteiger partial charge is 0.0725 e. The van der Waals surface area contributed by atoms with Crippen LogP contribution < -0.4 is 9.80 Å². The molecule has 2 saturated carbocycles. The van der Waals surface area contributed by atoms with Gasteiger partial charge in [-0.1, -0.05) is 155 Å². The molecule has 2 heteroatoms. The van der Waals surface area contributed by atoms with Crippen molar-refractivity contribution in [2.75, 3.05) is 9.80 Å². The highest BCUT2D eigenvalue weighted by molar-refractivity contribution is 5.97.